The molecule has 25 heavy (non-hydrogen) atoms. The van der Waals surface area contributed by atoms with E-state index in [4.69, 9.17) is 9.84 Å². The molecule has 0 heterocycles. The smallest absolute Gasteiger partial charge is 0.508 e. The summed E-state index contributed by atoms with van der Waals surface area (Å²) >= 11 is 0. The van der Waals surface area contributed by atoms with E-state index in [1.54, 1.807) is 0 Å². The minimum Gasteiger partial charge on any atom is -0.508 e. The predicted molar refractivity (Wildman–Crippen MR) is 95.4 cm³/mol. The molecular formula is C20H22O5. The van der Waals surface area contributed by atoms with Gasteiger partial charge in [0, 0.05) is 11.1 Å². The highest BCUT2D eigenvalue weighted by molar-refractivity contribution is 5.67. The summed E-state index contributed by atoms with van der Waals surface area (Å²) in [6, 6.07) is 11.1. The van der Waals surface area contributed by atoms with Crippen molar-refractivity contribution in [3.8, 4) is 17.2 Å². The Bertz CT molecular complexity index is 774. The fraction of sp³-hybridized carbons (Fsp3) is 0.250. The van der Waals surface area contributed by atoms with E-state index in [0.717, 1.165) is 11.1 Å². The van der Waals surface area contributed by atoms with Crippen LogP contribution in [0.15, 0.2) is 48.0 Å². The van der Waals surface area contributed by atoms with Crippen LogP contribution in [0.2, 0.25) is 0 Å². The average molecular weight is 342 g/mol. The van der Waals surface area contributed by atoms with E-state index in [2.05, 4.69) is 0 Å². The van der Waals surface area contributed by atoms with Crippen molar-refractivity contribution in [1.29, 1.82) is 0 Å². The molecule has 0 aliphatic heterocycles. The van der Waals surface area contributed by atoms with Crippen molar-refractivity contribution >= 4 is 6.16 Å². The molecule has 0 radical (unpaired) electrons. The van der Waals surface area contributed by atoms with E-state index in [0.29, 0.717) is 18.4 Å². The van der Waals surface area contributed by atoms with Gasteiger partial charge in [0.15, 0.2) is 11.5 Å². The molecule has 2 aromatic carbocycles. The predicted octanol–water partition coefficient (Wildman–Crippen LogP) is 4.45. The van der Waals surface area contributed by atoms with Gasteiger partial charge in [-0.15, -0.1) is 0 Å². The van der Waals surface area contributed by atoms with Crippen LogP contribution in [0.5, 0.6) is 17.2 Å². The van der Waals surface area contributed by atoms with Crippen molar-refractivity contribution in [3.05, 3.63) is 64.7 Å². The molecule has 0 atom stereocenters. The fourth-order valence-corrected chi connectivity index (χ4v) is 2.55. The number of phenols is 2. The minimum atomic E-state index is -1.50. The third-order valence-corrected chi connectivity index (χ3v) is 3.84. The molecule has 0 bridgehead atoms. The number of aryl methyl sites for hydroxylation is 2. The third-order valence-electron chi connectivity index (χ3n) is 3.84. The van der Waals surface area contributed by atoms with E-state index >= 15 is 0 Å². The zero-order valence-electron chi connectivity index (χ0n) is 14.3. The summed E-state index contributed by atoms with van der Waals surface area (Å²) in [4.78, 5) is 11.0. The molecular weight excluding hydrogens is 320 g/mol. The molecule has 0 aliphatic carbocycles. The van der Waals surface area contributed by atoms with Gasteiger partial charge in [-0.2, -0.15) is 0 Å². The Morgan fingerprint density at radius 2 is 1.80 bits per heavy atom. The Hall–Kier alpha value is -2.95. The number of rotatable bonds is 6. The monoisotopic (exact) mass is 342 g/mol. The molecule has 0 amide bonds. The van der Waals surface area contributed by atoms with Crippen molar-refractivity contribution in [2.45, 2.75) is 33.1 Å². The molecule has 2 rings (SSSR count). The zero-order valence-corrected chi connectivity index (χ0v) is 14.3. The summed E-state index contributed by atoms with van der Waals surface area (Å²) < 4.78 is 4.80. The second kappa shape index (κ2) is 8.24. The summed E-state index contributed by atoms with van der Waals surface area (Å²) in [6.07, 6.45) is 1.67. The first kappa shape index (κ1) is 18.4. The first-order valence-corrected chi connectivity index (χ1v) is 8.03. The van der Waals surface area contributed by atoms with Crippen LogP contribution in [-0.2, 0) is 19.3 Å². The van der Waals surface area contributed by atoms with Crippen molar-refractivity contribution < 1.29 is 24.9 Å². The van der Waals surface area contributed by atoms with E-state index < -0.39 is 6.16 Å². The zero-order chi connectivity index (χ0) is 18.4. The Morgan fingerprint density at radius 3 is 2.40 bits per heavy atom. The minimum absolute atomic E-state index is 0.0733. The van der Waals surface area contributed by atoms with Crippen molar-refractivity contribution in [2.24, 2.45) is 0 Å². The molecule has 3 N–H and O–H groups in total. The number of ether oxygens (including phenoxy) is 1. The molecule has 0 saturated heterocycles. The van der Waals surface area contributed by atoms with Gasteiger partial charge >= 0.3 is 6.16 Å². The lowest BCUT2D eigenvalue weighted by molar-refractivity contribution is 0.142. The molecule has 0 fully saturated rings. The van der Waals surface area contributed by atoms with Crippen LogP contribution in [0.4, 0.5) is 4.79 Å². The lowest BCUT2D eigenvalue weighted by atomic mass is 9.98. The summed E-state index contributed by atoms with van der Waals surface area (Å²) in [6.45, 7) is 3.80. The molecule has 0 spiro atoms. The number of phenolic OH excluding ortho intramolecular Hbond substituents is 2. The van der Waals surface area contributed by atoms with Crippen LogP contribution in [0.3, 0.4) is 0 Å². The Labute approximate surface area is 146 Å². The maximum absolute atomic E-state index is 11.0. The van der Waals surface area contributed by atoms with Crippen LogP contribution in [0.1, 0.15) is 30.5 Å². The normalized spacial score (nSPS) is 10.3. The second-order valence-electron chi connectivity index (χ2n) is 6.05. The number of aromatic hydroxyl groups is 2. The summed E-state index contributed by atoms with van der Waals surface area (Å²) in [5.74, 6) is -0.517. The molecule has 0 aromatic heterocycles. The molecule has 0 saturated carbocycles. The van der Waals surface area contributed by atoms with Crippen molar-refractivity contribution in [3.63, 3.8) is 0 Å². The van der Waals surface area contributed by atoms with E-state index in [-0.39, 0.29) is 29.2 Å². The van der Waals surface area contributed by atoms with Gasteiger partial charge in [0.1, 0.15) is 5.75 Å². The van der Waals surface area contributed by atoms with Gasteiger partial charge in [0.05, 0.1) is 0 Å². The number of benzene rings is 2. The van der Waals surface area contributed by atoms with Crippen LogP contribution in [-0.4, -0.2) is 21.5 Å². The van der Waals surface area contributed by atoms with E-state index in [1.165, 1.54) is 6.07 Å². The maximum atomic E-state index is 11.0. The Kier molecular flexibility index (Phi) is 6.06. The second-order valence-corrected chi connectivity index (χ2v) is 6.05. The molecule has 2 aromatic rings. The van der Waals surface area contributed by atoms with Crippen LogP contribution >= 0.6 is 0 Å². The first-order chi connectivity index (χ1) is 11.9. The first-order valence-electron chi connectivity index (χ1n) is 8.03. The van der Waals surface area contributed by atoms with Gasteiger partial charge in [0.2, 0.25) is 0 Å². The summed E-state index contributed by atoms with van der Waals surface area (Å²) in [7, 11) is 0. The number of carboxylic acid groups (broad SMARTS) is 1. The highest BCUT2D eigenvalue weighted by atomic mass is 16.7. The Balaban J connectivity index is 2.37. The SMILES string of the molecule is CC(C)=CCc1c(O)cc(CCc2ccccc2)c(OC(=O)O)c1O. The fourth-order valence-electron chi connectivity index (χ4n) is 2.55. The highest BCUT2D eigenvalue weighted by Gasteiger charge is 2.20. The molecule has 0 unspecified atom stereocenters. The Morgan fingerprint density at radius 1 is 1.12 bits per heavy atom. The van der Waals surface area contributed by atoms with Crippen molar-refractivity contribution in [1.82, 2.24) is 0 Å². The lowest BCUT2D eigenvalue weighted by Gasteiger charge is -2.15. The molecule has 5 heteroatoms. The van der Waals surface area contributed by atoms with E-state index in [1.807, 2.05) is 50.3 Å². The van der Waals surface area contributed by atoms with Gasteiger partial charge < -0.3 is 20.1 Å². The standard InChI is InChI=1S/C20H22O5/c1-13(2)8-11-16-17(21)12-15(19(18(16)22)25-20(23)24)10-9-14-6-4-3-5-7-14/h3-8,12,21-22H,9-11H2,1-2H3,(H,23,24). The van der Waals surface area contributed by atoms with Crippen LogP contribution < -0.4 is 4.74 Å². The van der Waals surface area contributed by atoms with Gasteiger partial charge in [0.25, 0.3) is 0 Å². The molecule has 0 aliphatic rings. The van der Waals surface area contributed by atoms with Gasteiger partial charge in [-0.1, -0.05) is 42.0 Å². The van der Waals surface area contributed by atoms with Crippen molar-refractivity contribution in [2.75, 3.05) is 0 Å². The van der Waals surface area contributed by atoms with Gasteiger partial charge in [-0.3, -0.25) is 0 Å². The average Bonchev–Trinajstić information content (AvgIpc) is 2.56. The topological polar surface area (TPSA) is 87.0 Å². The van der Waals surface area contributed by atoms with E-state index in [9.17, 15) is 15.0 Å². The molecule has 5 nitrogen and oxygen atoms in total. The molecule has 132 valence electrons. The number of hydrogen-bond acceptors (Lipinski definition) is 4. The van der Waals surface area contributed by atoms with Gasteiger partial charge in [-0.05, 0) is 44.7 Å². The third kappa shape index (κ3) is 5.01. The quantitative estimate of drug-likeness (QED) is 0.410. The maximum Gasteiger partial charge on any atom is 0.511 e. The highest BCUT2D eigenvalue weighted by Crippen LogP contribution is 2.41. The van der Waals surface area contributed by atoms with Crippen LogP contribution in [0, 0.1) is 0 Å². The number of carbonyl (C=O) groups is 1. The largest absolute Gasteiger partial charge is 0.511 e. The summed E-state index contributed by atoms with van der Waals surface area (Å²) in [5, 5.41) is 29.7. The van der Waals surface area contributed by atoms with Crippen LogP contribution in [0.25, 0.3) is 0 Å². The lowest BCUT2D eigenvalue weighted by Crippen LogP contribution is -2.07. The van der Waals surface area contributed by atoms with Gasteiger partial charge in [-0.25, -0.2) is 4.79 Å². The number of hydrogen-bond donors (Lipinski definition) is 3. The summed E-state index contributed by atoms with van der Waals surface area (Å²) in [5.41, 5.74) is 2.78. The number of allylic oxidation sites excluding steroid dienone is 2.